The van der Waals surface area contributed by atoms with Crippen LogP contribution in [0.25, 0.3) is 0 Å². The summed E-state index contributed by atoms with van der Waals surface area (Å²) in [6.45, 7) is 0. The second-order valence-electron chi connectivity index (χ2n) is 4.32. The SMILES string of the molecule is Nc1cc(F)cc(S(=O)(=O)NC2CCCC2)c1. The molecule has 0 atom stereocenters. The van der Waals surface area contributed by atoms with Gasteiger partial charge < -0.3 is 5.73 Å². The first-order valence-electron chi connectivity index (χ1n) is 5.56. The number of halogens is 1. The molecule has 1 fully saturated rings. The van der Waals surface area contributed by atoms with E-state index in [0.29, 0.717) is 0 Å². The summed E-state index contributed by atoms with van der Waals surface area (Å²) in [4.78, 5) is -0.109. The summed E-state index contributed by atoms with van der Waals surface area (Å²) in [6.07, 6.45) is 3.73. The highest BCUT2D eigenvalue weighted by Gasteiger charge is 2.23. The summed E-state index contributed by atoms with van der Waals surface area (Å²) in [5, 5.41) is 0. The Labute approximate surface area is 100 Å². The van der Waals surface area contributed by atoms with Gasteiger partial charge in [-0.2, -0.15) is 0 Å². The van der Waals surface area contributed by atoms with E-state index >= 15 is 0 Å². The molecule has 94 valence electrons. The zero-order chi connectivity index (χ0) is 12.5. The normalized spacial score (nSPS) is 17.5. The quantitative estimate of drug-likeness (QED) is 0.809. The van der Waals surface area contributed by atoms with Crippen molar-refractivity contribution >= 4 is 15.7 Å². The lowest BCUT2D eigenvalue weighted by atomic mass is 10.3. The maximum atomic E-state index is 13.1. The summed E-state index contributed by atoms with van der Waals surface area (Å²) in [6, 6.07) is 3.30. The van der Waals surface area contributed by atoms with Gasteiger partial charge in [0, 0.05) is 11.7 Å². The van der Waals surface area contributed by atoms with Gasteiger partial charge in [0.05, 0.1) is 4.90 Å². The van der Waals surface area contributed by atoms with E-state index in [1.54, 1.807) is 0 Å². The molecule has 0 amide bonds. The summed E-state index contributed by atoms with van der Waals surface area (Å²) < 4.78 is 39.6. The molecule has 0 heterocycles. The fourth-order valence-electron chi connectivity index (χ4n) is 2.07. The van der Waals surface area contributed by atoms with Gasteiger partial charge in [-0.3, -0.25) is 0 Å². The van der Waals surface area contributed by atoms with Gasteiger partial charge in [0.1, 0.15) is 5.82 Å². The molecular formula is C11H15FN2O2S. The fourth-order valence-corrected chi connectivity index (χ4v) is 3.44. The van der Waals surface area contributed by atoms with Crippen molar-refractivity contribution < 1.29 is 12.8 Å². The number of nitrogens with one attached hydrogen (secondary N) is 1. The minimum Gasteiger partial charge on any atom is -0.399 e. The van der Waals surface area contributed by atoms with Gasteiger partial charge in [-0.1, -0.05) is 12.8 Å². The number of sulfonamides is 1. The molecule has 0 bridgehead atoms. The van der Waals surface area contributed by atoms with Gasteiger partial charge >= 0.3 is 0 Å². The highest BCUT2D eigenvalue weighted by atomic mass is 32.2. The van der Waals surface area contributed by atoms with Crippen LogP contribution >= 0.6 is 0 Å². The molecule has 0 aliphatic heterocycles. The van der Waals surface area contributed by atoms with Crippen molar-refractivity contribution in [3.8, 4) is 0 Å². The maximum absolute atomic E-state index is 13.1. The summed E-state index contributed by atoms with van der Waals surface area (Å²) in [5.41, 5.74) is 5.54. The molecular weight excluding hydrogens is 243 g/mol. The molecule has 1 aromatic carbocycles. The molecule has 0 spiro atoms. The molecule has 2 rings (SSSR count). The Morgan fingerprint density at radius 2 is 1.88 bits per heavy atom. The molecule has 0 unspecified atom stereocenters. The molecule has 6 heteroatoms. The first-order chi connectivity index (χ1) is 7.97. The van der Waals surface area contributed by atoms with E-state index in [4.69, 9.17) is 5.73 Å². The third-order valence-corrected chi connectivity index (χ3v) is 4.38. The van der Waals surface area contributed by atoms with Crippen LogP contribution in [0.5, 0.6) is 0 Å². The molecule has 3 N–H and O–H groups in total. The molecule has 1 aliphatic rings. The van der Waals surface area contributed by atoms with E-state index in [1.165, 1.54) is 6.07 Å². The summed E-state index contributed by atoms with van der Waals surface area (Å²) in [7, 11) is -3.66. The Balaban J connectivity index is 2.24. The number of nitrogen functional groups attached to an aromatic ring is 1. The van der Waals surface area contributed by atoms with Crippen molar-refractivity contribution in [1.29, 1.82) is 0 Å². The van der Waals surface area contributed by atoms with Gasteiger partial charge in [0.15, 0.2) is 0 Å². The predicted molar refractivity (Wildman–Crippen MR) is 63.4 cm³/mol. The fraction of sp³-hybridized carbons (Fsp3) is 0.455. The number of nitrogens with two attached hydrogens (primary N) is 1. The number of hydrogen-bond acceptors (Lipinski definition) is 3. The Morgan fingerprint density at radius 3 is 2.47 bits per heavy atom. The van der Waals surface area contributed by atoms with Crippen molar-refractivity contribution in [2.45, 2.75) is 36.6 Å². The van der Waals surface area contributed by atoms with Crippen LogP contribution in [0.4, 0.5) is 10.1 Å². The first kappa shape index (κ1) is 12.3. The average molecular weight is 258 g/mol. The molecule has 4 nitrogen and oxygen atoms in total. The second-order valence-corrected chi connectivity index (χ2v) is 6.04. The smallest absolute Gasteiger partial charge is 0.240 e. The van der Waals surface area contributed by atoms with E-state index in [9.17, 15) is 12.8 Å². The summed E-state index contributed by atoms with van der Waals surface area (Å²) in [5.74, 6) is -0.642. The van der Waals surface area contributed by atoms with Gasteiger partial charge in [0.2, 0.25) is 10.0 Å². The van der Waals surface area contributed by atoms with Crippen molar-refractivity contribution in [1.82, 2.24) is 4.72 Å². The van der Waals surface area contributed by atoms with Crippen molar-refractivity contribution in [2.75, 3.05) is 5.73 Å². The van der Waals surface area contributed by atoms with E-state index in [1.807, 2.05) is 0 Å². The van der Waals surface area contributed by atoms with Crippen LogP contribution in [0, 0.1) is 5.82 Å². The van der Waals surface area contributed by atoms with Crippen molar-refractivity contribution in [3.05, 3.63) is 24.0 Å². The molecule has 1 aliphatic carbocycles. The lowest BCUT2D eigenvalue weighted by molar-refractivity contribution is 0.550. The monoisotopic (exact) mass is 258 g/mol. The largest absolute Gasteiger partial charge is 0.399 e. The summed E-state index contributed by atoms with van der Waals surface area (Å²) >= 11 is 0. The van der Waals surface area contributed by atoms with Gasteiger partial charge in [-0.25, -0.2) is 17.5 Å². The highest BCUT2D eigenvalue weighted by molar-refractivity contribution is 7.89. The lowest BCUT2D eigenvalue weighted by Crippen LogP contribution is -2.32. The lowest BCUT2D eigenvalue weighted by Gasteiger charge is -2.12. The molecule has 1 aromatic rings. The Morgan fingerprint density at radius 1 is 1.24 bits per heavy atom. The van der Waals surface area contributed by atoms with E-state index < -0.39 is 15.8 Å². The van der Waals surface area contributed by atoms with Crippen LogP contribution in [0.3, 0.4) is 0 Å². The first-order valence-corrected chi connectivity index (χ1v) is 7.04. The Bertz CT molecular complexity index is 490. The topological polar surface area (TPSA) is 72.2 Å². The standard InChI is InChI=1S/C11H15FN2O2S/c12-8-5-9(13)7-11(6-8)17(15,16)14-10-3-1-2-4-10/h5-7,10,14H,1-4,13H2. The van der Waals surface area contributed by atoms with Gasteiger partial charge in [-0.05, 0) is 31.0 Å². The van der Waals surface area contributed by atoms with Gasteiger partial charge in [0.25, 0.3) is 0 Å². The van der Waals surface area contributed by atoms with Crippen LogP contribution in [-0.4, -0.2) is 14.5 Å². The average Bonchev–Trinajstić information content (AvgIpc) is 2.68. The van der Waals surface area contributed by atoms with Gasteiger partial charge in [-0.15, -0.1) is 0 Å². The van der Waals surface area contributed by atoms with Crippen LogP contribution in [0.15, 0.2) is 23.1 Å². The zero-order valence-electron chi connectivity index (χ0n) is 9.32. The van der Waals surface area contributed by atoms with Crippen LogP contribution < -0.4 is 10.5 Å². The minimum absolute atomic E-state index is 0.0375. The Hall–Kier alpha value is -1.14. The molecule has 0 saturated heterocycles. The van der Waals surface area contributed by atoms with Crippen LogP contribution in [0.2, 0.25) is 0 Å². The molecule has 0 radical (unpaired) electrons. The Kier molecular flexibility index (Phi) is 3.35. The van der Waals surface area contributed by atoms with E-state index in [0.717, 1.165) is 37.8 Å². The predicted octanol–water partition coefficient (Wildman–Crippen LogP) is 1.63. The molecule has 17 heavy (non-hydrogen) atoms. The number of benzene rings is 1. The third kappa shape index (κ3) is 2.95. The molecule has 0 aromatic heterocycles. The maximum Gasteiger partial charge on any atom is 0.240 e. The number of hydrogen-bond donors (Lipinski definition) is 2. The third-order valence-electron chi connectivity index (χ3n) is 2.88. The highest BCUT2D eigenvalue weighted by Crippen LogP contribution is 2.21. The van der Waals surface area contributed by atoms with E-state index in [2.05, 4.69) is 4.72 Å². The zero-order valence-corrected chi connectivity index (χ0v) is 10.1. The minimum atomic E-state index is -3.66. The molecule has 1 saturated carbocycles. The van der Waals surface area contributed by atoms with Crippen LogP contribution in [0.1, 0.15) is 25.7 Å². The van der Waals surface area contributed by atoms with Crippen molar-refractivity contribution in [3.63, 3.8) is 0 Å². The number of rotatable bonds is 3. The second kappa shape index (κ2) is 4.62. The van der Waals surface area contributed by atoms with Crippen molar-refractivity contribution in [2.24, 2.45) is 0 Å². The van der Waals surface area contributed by atoms with Crippen LogP contribution in [-0.2, 0) is 10.0 Å². The van der Waals surface area contributed by atoms with E-state index in [-0.39, 0.29) is 16.6 Å². The number of anilines is 1.